The van der Waals surface area contributed by atoms with Gasteiger partial charge >= 0.3 is 0 Å². The zero-order valence-corrected chi connectivity index (χ0v) is 31.0. The lowest BCUT2D eigenvalue weighted by Crippen LogP contribution is -2.34. The molecule has 56 heavy (non-hydrogen) atoms. The normalized spacial score (nSPS) is 13.1. The van der Waals surface area contributed by atoms with E-state index in [9.17, 15) is 0 Å². The van der Waals surface area contributed by atoms with Gasteiger partial charge in [-0.2, -0.15) is 0 Å². The highest BCUT2D eigenvalue weighted by Gasteiger charge is 2.48. The highest BCUT2D eigenvalue weighted by atomic mass is 32.2. The van der Waals surface area contributed by atoms with Gasteiger partial charge in [-0.15, -0.1) is 0 Å². The SMILES string of the molecule is c1ccc(-c2cc(-c3ccc4c(c3)C3(c5ccccc5Sc5ccccc53)c3ccccc3-c3ccccc3-4)nc(-c3ccc(-c4cccnc4)nc3)n2)cc1. The van der Waals surface area contributed by atoms with Crippen molar-refractivity contribution in [1.82, 2.24) is 19.9 Å². The zero-order valence-electron chi connectivity index (χ0n) is 30.2. The Bertz CT molecular complexity index is 2900. The molecule has 3 aromatic heterocycles. The van der Waals surface area contributed by atoms with Crippen LogP contribution in [0.3, 0.4) is 0 Å². The number of fused-ring (bicyclic) bond motifs is 11. The van der Waals surface area contributed by atoms with Crippen molar-refractivity contribution in [2.24, 2.45) is 0 Å². The Hall–Kier alpha value is -6.95. The number of aromatic nitrogens is 4. The molecule has 0 N–H and O–H groups in total. The molecule has 1 spiro atoms. The van der Waals surface area contributed by atoms with Gasteiger partial charge in [0.15, 0.2) is 5.82 Å². The second-order valence-corrected chi connectivity index (χ2v) is 15.3. The van der Waals surface area contributed by atoms with E-state index >= 15 is 0 Å². The summed E-state index contributed by atoms with van der Waals surface area (Å²) >= 11 is 1.86. The van der Waals surface area contributed by atoms with Crippen LogP contribution in [-0.2, 0) is 5.41 Å². The average molecular weight is 733 g/mol. The maximum absolute atomic E-state index is 5.32. The van der Waals surface area contributed by atoms with E-state index < -0.39 is 5.41 Å². The van der Waals surface area contributed by atoms with Crippen molar-refractivity contribution >= 4 is 11.8 Å². The first-order valence-corrected chi connectivity index (χ1v) is 19.6. The van der Waals surface area contributed by atoms with Crippen LogP contribution >= 0.6 is 11.8 Å². The molecule has 0 saturated carbocycles. The molecule has 0 bridgehead atoms. The van der Waals surface area contributed by atoms with Gasteiger partial charge in [-0.1, -0.05) is 139 Å². The first-order chi connectivity index (χ1) is 27.8. The molecule has 0 atom stereocenters. The fourth-order valence-electron chi connectivity index (χ4n) is 8.66. The van der Waals surface area contributed by atoms with Gasteiger partial charge in [-0.3, -0.25) is 9.97 Å². The van der Waals surface area contributed by atoms with E-state index in [4.69, 9.17) is 15.0 Å². The van der Waals surface area contributed by atoms with Crippen molar-refractivity contribution in [3.8, 4) is 67.4 Å². The van der Waals surface area contributed by atoms with Gasteiger partial charge in [0, 0.05) is 50.6 Å². The minimum atomic E-state index is -0.608. The van der Waals surface area contributed by atoms with E-state index in [-0.39, 0.29) is 0 Å². The standard InChI is InChI=1S/C51H32N4S/c1-2-13-33(14-3-1)46-30-47(55-50(54-46)36-25-27-45(53-32-36)35-15-12-28-52-31-35)34-24-26-40-38-17-5-4-16-37(38)39-18-6-7-19-41(39)51(44(40)29-34)42-20-8-10-22-48(42)56-49-23-11-9-21-43(49)51/h1-32H. The molecular weight excluding hydrogens is 701 g/mol. The van der Waals surface area contributed by atoms with Crippen LogP contribution in [0.2, 0.25) is 0 Å². The van der Waals surface area contributed by atoms with Crippen molar-refractivity contribution in [3.63, 3.8) is 0 Å². The maximum Gasteiger partial charge on any atom is 0.161 e. The number of hydrogen-bond donors (Lipinski definition) is 0. The van der Waals surface area contributed by atoms with Gasteiger partial charge in [0.2, 0.25) is 0 Å². The lowest BCUT2D eigenvalue weighted by Gasteiger charge is -2.42. The molecule has 0 fully saturated rings. The summed E-state index contributed by atoms with van der Waals surface area (Å²) in [7, 11) is 0. The molecule has 6 aromatic carbocycles. The number of hydrogen-bond acceptors (Lipinski definition) is 5. The van der Waals surface area contributed by atoms with Gasteiger partial charge in [0.05, 0.1) is 22.5 Å². The summed E-state index contributed by atoms with van der Waals surface area (Å²) in [5.41, 5.74) is 15.8. The van der Waals surface area contributed by atoms with Crippen LogP contribution in [0.4, 0.5) is 0 Å². The van der Waals surface area contributed by atoms with E-state index in [0.717, 1.165) is 39.3 Å². The molecule has 1 aliphatic heterocycles. The van der Waals surface area contributed by atoms with Gasteiger partial charge < -0.3 is 0 Å². The Labute approximate surface area is 329 Å². The van der Waals surface area contributed by atoms with Crippen molar-refractivity contribution in [2.45, 2.75) is 15.2 Å². The minimum Gasteiger partial charge on any atom is -0.264 e. The maximum atomic E-state index is 5.32. The van der Waals surface area contributed by atoms with Crippen LogP contribution in [-0.4, -0.2) is 19.9 Å². The lowest BCUT2D eigenvalue weighted by atomic mass is 9.63. The Morgan fingerprint density at radius 1 is 0.375 bits per heavy atom. The molecule has 5 heteroatoms. The van der Waals surface area contributed by atoms with E-state index in [2.05, 4.69) is 157 Å². The second kappa shape index (κ2) is 13.1. The van der Waals surface area contributed by atoms with Crippen molar-refractivity contribution in [3.05, 3.63) is 217 Å². The summed E-state index contributed by atoms with van der Waals surface area (Å²) in [6, 6.07) is 63.2. The van der Waals surface area contributed by atoms with Crippen LogP contribution < -0.4 is 0 Å². The Morgan fingerprint density at radius 3 is 1.64 bits per heavy atom. The molecule has 0 radical (unpaired) electrons. The van der Waals surface area contributed by atoms with E-state index in [1.54, 1.807) is 6.20 Å². The quantitative estimate of drug-likeness (QED) is 0.180. The molecule has 1 aliphatic carbocycles. The van der Waals surface area contributed by atoms with E-state index in [1.165, 1.54) is 54.3 Å². The third-order valence-corrected chi connectivity index (χ3v) is 12.3. The van der Waals surface area contributed by atoms with Crippen LogP contribution in [0.15, 0.2) is 204 Å². The molecule has 4 heterocycles. The first-order valence-electron chi connectivity index (χ1n) is 18.8. The molecular formula is C51H32N4S. The average Bonchev–Trinajstić information content (AvgIpc) is 3.38. The Kier molecular flexibility index (Phi) is 7.61. The van der Waals surface area contributed by atoms with Gasteiger partial charge in [-0.25, -0.2) is 9.97 Å². The summed E-state index contributed by atoms with van der Waals surface area (Å²) in [5, 5.41) is 0. The van der Waals surface area contributed by atoms with Gasteiger partial charge in [-0.05, 0) is 93.0 Å². The van der Waals surface area contributed by atoms with Crippen LogP contribution in [0, 0.1) is 0 Å². The van der Waals surface area contributed by atoms with E-state index in [1.807, 2.05) is 48.4 Å². The molecule has 11 rings (SSSR count). The smallest absolute Gasteiger partial charge is 0.161 e. The highest BCUT2D eigenvalue weighted by molar-refractivity contribution is 7.99. The zero-order chi connectivity index (χ0) is 37.1. The monoisotopic (exact) mass is 732 g/mol. The van der Waals surface area contributed by atoms with E-state index in [0.29, 0.717) is 5.82 Å². The fourth-order valence-corrected chi connectivity index (χ4v) is 9.85. The number of nitrogens with zero attached hydrogens (tertiary/aromatic N) is 4. The Morgan fingerprint density at radius 2 is 0.964 bits per heavy atom. The van der Waals surface area contributed by atoms with Gasteiger partial charge in [0.25, 0.3) is 0 Å². The molecule has 0 unspecified atom stereocenters. The van der Waals surface area contributed by atoms with Crippen LogP contribution in [0.5, 0.6) is 0 Å². The molecule has 0 saturated heterocycles. The molecule has 4 nitrogen and oxygen atoms in total. The number of pyridine rings is 2. The molecule has 262 valence electrons. The summed E-state index contributed by atoms with van der Waals surface area (Å²) < 4.78 is 0. The van der Waals surface area contributed by atoms with Crippen molar-refractivity contribution in [2.75, 3.05) is 0 Å². The van der Waals surface area contributed by atoms with Gasteiger partial charge in [0.1, 0.15) is 0 Å². The summed E-state index contributed by atoms with van der Waals surface area (Å²) in [4.78, 5) is 22.1. The molecule has 9 aromatic rings. The highest BCUT2D eigenvalue weighted by Crippen LogP contribution is 2.61. The summed E-state index contributed by atoms with van der Waals surface area (Å²) in [5.74, 6) is 0.622. The van der Waals surface area contributed by atoms with Crippen molar-refractivity contribution < 1.29 is 0 Å². The topological polar surface area (TPSA) is 51.6 Å². The second-order valence-electron chi connectivity index (χ2n) is 14.2. The number of benzene rings is 6. The minimum absolute atomic E-state index is 0.608. The molecule has 0 amide bonds. The third kappa shape index (κ3) is 5.09. The lowest BCUT2D eigenvalue weighted by molar-refractivity contribution is 0.708. The Balaban J connectivity index is 1.19. The van der Waals surface area contributed by atoms with Crippen molar-refractivity contribution in [1.29, 1.82) is 0 Å². The summed E-state index contributed by atoms with van der Waals surface area (Å²) in [6.45, 7) is 0. The first kappa shape index (κ1) is 32.5. The van der Waals surface area contributed by atoms with Crippen LogP contribution in [0.1, 0.15) is 22.3 Å². The predicted molar refractivity (Wildman–Crippen MR) is 226 cm³/mol. The summed E-state index contributed by atoms with van der Waals surface area (Å²) in [6.07, 6.45) is 5.47. The van der Waals surface area contributed by atoms with Crippen LogP contribution in [0.25, 0.3) is 67.4 Å². The fraction of sp³-hybridized carbons (Fsp3) is 0.0196. The third-order valence-electron chi connectivity index (χ3n) is 11.1. The number of rotatable bonds is 4. The predicted octanol–water partition coefficient (Wildman–Crippen LogP) is 12.4. The largest absolute Gasteiger partial charge is 0.264 e. The molecule has 2 aliphatic rings.